The molecule has 0 fully saturated rings. The molecule has 0 spiro atoms. The fraction of sp³-hybridized carbons (Fsp3) is 0.625. The van der Waals surface area contributed by atoms with Gasteiger partial charge in [0.15, 0.2) is 0 Å². The Bertz CT molecular complexity index is 318. The molecule has 0 aliphatic heterocycles. The van der Waals surface area contributed by atoms with Gasteiger partial charge < -0.3 is 5.32 Å². The molecular weight excluding hydrogens is 238 g/mol. The highest BCUT2D eigenvalue weighted by molar-refractivity contribution is 7.99. The highest BCUT2D eigenvalue weighted by atomic mass is 32.2. The third-order valence-electron chi connectivity index (χ3n) is 2.98. The second kappa shape index (κ2) is 8.60. The molecule has 1 nitrogen and oxygen atoms in total. The number of rotatable bonds is 8. The summed E-state index contributed by atoms with van der Waals surface area (Å²) in [6.45, 7) is 9.98. The van der Waals surface area contributed by atoms with E-state index in [9.17, 15) is 0 Å². The minimum Gasteiger partial charge on any atom is -0.310 e. The molecule has 102 valence electrons. The Kier molecular flexibility index (Phi) is 7.45. The summed E-state index contributed by atoms with van der Waals surface area (Å²) in [5.41, 5.74) is 2.84. The lowest BCUT2D eigenvalue weighted by Gasteiger charge is -2.19. The maximum Gasteiger partial charge on any atom is 0.0411 e. The first-order valence-electron chi connectivity index (χ1n) is 7.07. The van der Waals surface area contributed by atoms with Crippen LogP contribution >= 0.6 is 11.8 Å². The van der Waals surface area contributed by atoms with E-state index in [4.69, 9.17) is 0 Å². The van der Waals surface area contributed by atoms with Crippen LogP contribution in [0.15, 0.2) is 24.3 Å². The fourth-order valence-electron chi connectivity index (χ4n) is 1.93. The average Bonchev–Trinajstić information content (AvgIpc) is 2.37. The zero-order valence-corrected chi connectivity index (χ0v) is 13.0. The summed E-state index contributed by atoms with van der Waals surface area (Å²) in [6, 6.07) is 9.56. The van der Waals surface area contributed by atoms with Crippen molar-refractivity contribution in [2.45, 2.75) is 40.2 Å². The van der Waals surface area contributed by atoms with Gasteiger partial charge >= 0.3 is 0 Å². The van der Waals surface area contributed by atoms with Gasteiger partial charge in [-0.25, -0.2) is 0 Å². The molecule has 0 bridgehead atoms. The Labute approximate surface area is 117 Å². The number of benzene rings is 1. The lowest BCUT2D eigenvalue weighted by molar-refractivity contribution is 0.604. The largest absolute Gasteiger partial charge is 0.310 e. The summed E-state index contributed by atoms with van der Waals surface area (Å²) in [6.07, 6.45) is 1.12. The van der Waals surface area contributed by atoms with Crippen molar-refractivity contribution in [1.29, 1.82) is 0 Å². The van der Waals surface area contributed by atoms with Crippen molar-refractivity contribution in [3.8, 4) is 0 Å². The zero-order chi connectivity index (χ0) is 13.4. The topological polar surface area (TPSA) is 12.0 Å². The summed E-state index contributed by atoms with van der Waals surface area (Å²) in [4.78, 5) is 0. The van der Waals surface area contributed by atoms with Gasteiger partial charge in [-0.15, -0.1) is 0 Å². The zero-order valence-electron chi connectivity index (χ0n) is 12.2. The summed E-state index contributed by atoms with van der Waals surface area (Å²) < 4.78 is 0. The fourth-order valence-corrected chi connectivity index (χ4v) is 3.08. The van der Waals surface area contributed by atoms with E-state index in [0.29, 0.717) is 6.04 Å². The molecule has 0 aliphatic rings. The smallest absolute Gasteiger partial charge is 0.0411 e. The van der Waals surface area contributed by atoms with E-state index in [2.05, 4.69) is 69.0 Å². The van der Waals surface area contributed by atoms with E-state index in [1.54, 1.807) is 0 Å². The lowest BCUT2D eigenvalue weighted by Crippen LogP contribution is -2.23. The Morgan fingerprint density at radius 3 is 2.22 bits per heavy atom. The maximum atomic E-state index is 3.59. The molecule has 2 heteroatoms. The van der Waals surface area contributed by atoms with Gasteiger partial charge in [-0.05, 0) is 35.8 Å². The SMILES string of the molecule is CCNC(CSCC(C)C)c1ccc(CC)cc1. The molecule has 0 radical (unpaired) electrons. The van der Waals surface area contributed by atoms with Crippen LogP contribution in [0.3, 0.4) is 0 Å². The number of thioether (sulfide) groups is 1. The first kappa shape index (κ1) is 15.6. The Morgan fingerprint density at radius 1 is 1.06 bits per heavy atom. The lowest BCUT2D eigenvalue weighted by atomic mass is 10.1. The van der Waals surface area contributed by atoms with Crippen LogP contribution in [0.4, 0.5) is 0 Å². The van der Waals surface area contributed by atoms with Crippen LogP contribution in [0.1, 0.15) is 44.9 Å². The first-order chi connectivity index (χ1) is 8.67. The number of aryl methyl sites for hydroxylation is 1. The van der Waals surface area contributed by atoms with Crippen LogP contribution in [0.2, 0.25) is 0 Å². The molecule has 0 aliphatic carbocycles. The van der Waals surface area contributed by atoms with Gasteiger partial charge in [0.1, 0.15) is 0 Å². The quantitative estimate of drug-likeness (QED) is 0.752. The van der Waals surface area contributed by atoms with Crippen LogP contribution in [-0.4, -0.2) is 18.1 Å². The number of hydrogen-bond donors (Lipinski definition) is 1. The maximum absolute atomic E-state index is 3.59. The minimum absolute atomic E-state index is 0.490. The average molecular weight is 265 g/mol. The Morgan fingerprint density at radius 2 is 1.72 bits per heavy atom. The van der Waals surface area contributed by atoms with Crippen molar-refractivity contribution >= 4 is 11.8 Å². The van der Waals surface area contributed by atoms with Crippen molar-refractivity contribution in [2.75, 3.05) is 18.1 Å². The molecule has 1 unspecified atom stereocenters. The van der Waals surface area contributed by atoms with Crippen LogP contribution in [0.25, 0.3) is 0 Å². The summed E-state index contributed by atoms with van der Waals surface area (Å²) in [5, 5.41) is 3.59. The predicted molar refractivity (Wildman–Crippen MR) is 84.4 cm³/mol. The van der Waals surface area contributed by atoms with E-state index in [1.165, 1.54) is 16.9 Å². The van der Waals surface area contributed by atoms with Gasteiger partial charge in [0.25, 0.3) is 0 Å². The van der Waals surface area contributed by atoms with Gasteiger partial charge in [-0.1, -0.05) is 52.0 Å². The molecule has 0 aromatic heterocycles. The summed E-state index contributed by atoms with van der Waals surface area (Å²) in [7, 11) is 0. The Balaban J connectivity index is 2.58. The third kappa shape index (κ3) is 5.45. The van der Waals surface area contributed by atoms with Gasteiger partial charge in [0.05, 0.1) is 0 Å². The van der Waals surface area contributed by atoms with E-state index >= 15 is 0 Å². The highest BCUT2D eigenvalue weighted by Gasteiger charge is 2.10. The second-order valence-electron chi connectivity index (χ2n) is 5.14. The van der Waals surface area contributed by atoms with E-state index in [1.807, 2.05) is 0 Å². The molecule has 1 atom stereocenters. The van der Waals surface area contributed by atoms with Crippen molar-refractivity contribution in [3.63, 3.8) is 0 Å². The number of hydrogen-bond acceptors (Lipinski definition) is 2. The molecule has 0 saturated carbocycles. The van der Waals surface area contributed by atoms with Crippen molar-refractivity contribution in [2.24, 2.45) is 5.92 Å². The highest BCUT2D eigenvalue weighted by Crippen LogP contribution is 2.20. The Hall–Kier alpha value is -0.470. The molecule has 0 amide bonds. The van der Waals surface area contributed by atoms with Crippen LogP contribution in [0, 0.1) is 5.92 Å². The molecule has 18 heavy (non-hydrogen) atoms. The minimum atomic E-state index is 0.490. The molecule has 1 aromatic rings. The van der Waals surface area contributed by atoms with E-state index < -0.39 is 0 Å². The standard InChI is InChI=1S/C16H27NS/c1-5-14-7-9-15(10-8-14)16(17-6-2)12-18-11-13(3)4/h7-10,13,16-17H,5-6,11-12H2,1-4H3. The van der Waals surface area contributed by atoms with Crippen molar-refractivity contribution < 1.29 is 0 Å². The normalized spacial score (nSPS) is 12.9. The van der Waals surface area contributed by atoms with Crippen molar-refractivity contribution in [1.82, 2.24) is 5.32 Å². The van der Waals surface area contributed by atoms with E-state index in [-0.39, 0.29) is 0 Å². The van der Waals surface area contributed by atoms with Gasteiger partial charge in [0, 0.05) is 11.8 Å². The molecule has 1 aromatic carbocycles. The monoisotopic (exact) mass is 265 g/mol. The van der Waals surface area contributed by atoms with Crippen LogP contribution in [0.5, 0.6) is 0 Å². The van der Waals surface area contributed by atoms with Gasteiger partial charge in [-0.2, -0.15) is 11.8 Å². The molecular formula is C16H27NS. The second-order valence-corrected chi connectivity index (χ2v) is 6.21. The van der Waals surface area contributed by atoms with E-state index in [0.717, 1.165) is 24.6 Å². The predicted octanol–water partition coefficient (Wildman–Crippen LogP) is 4.29. The third-order valence-corrected chi connectivity index (χ3v) is 4.45. The molecule has 1 rings (SSSR count). The molecule has 0 heterocycles. The first-order valence-corrected chi connectivity index (χ1v) is 8.22. The van der Waals surface area contributed by atoms with Crippen LogP contribution in [-0.2, 0) is 6.42 Å². The van der Waals surface area contributed by atoms with Gasteiger partial charge in [-0.3, -0.25) is 0 Å². The van der Waals surface area contributed by atoms with Crippen LogP contribution < -0.4 is 5.32 Å². The van der Waals surface area contributed by atoms with Crippen molar-refractivity contribution in [3.05, 3.63) is 35.4 Å². The van der Waals surface area contributed by atoms with Gasteiger partial charge in [0.2, 0.25) is 0 Å². The number of nitrogens with one attached hydrogen (secondary N) is 1. The summed E-state index contributed by atoms with van der Waals surface area (Å²) >= 11 is 2.05. The molecule has 1 N–H and O–H groups in total. The molecule has 0 saturated heterocycles. The summed E-state index contributed by atoms with van der Waals surface area (Å²) in [5.74, 6) is 3.19.